The highest BCUT2D eigenvalue weighted by molar-refractivity contribution is 14.1. The number of nitrogens with one attached hydrogen (secondary N) is 1. The highest BCUT2D eigenvalue weighted by atomic mass is 127. The first kappa shape index (κ1) is 12.9. The molecule has 3 heteroatoms. The minimum atomic E-state index is 0.0505. The van der Waals surface area contributed by atoms with Crippen LogP contribution in [0.2, 0.25) is 0 Å². The van der Waals surface area contributed by atoms with Crippen molar-refractivity contribution in [3.05, 3.63) is 33.4 Å². The molecule has 1 fully saturated rings. The van der Waals surface area contributed by atoms with Crippen LogP contribution in [0.25, 0.3) is 0 Å². The van der Waals surface area contributed by atoms with Gasteiger partial charge < -0.3 is 5.32 Å². The van der Waals surface area contributed by atoms with Crippen molar-refractivity contribution < 1.29 is 4.79 Å². The number of hydrogen-bond donors (Lipinski definition) is 1. The maximum atomic E-state index is 11.9. The van der Waals surface area contributed by atoms with Crippen molar-refractivity contribution >= 4 is 28.5 Å². The summed E-state index contributed by atoms with van der Waals surface area (Å²) in [6.45, 7) is 3.08. The molecule has 1 aliphatic carbocycles. The maximum Gasteiger partial charge on any atom is 0.251 e. The molecule has 0 atom stereocenters. The van der Waals surface area contributed by atoms with Crippen LogP contribution in [0.3, 0.4) is 0 Å². The first-order valence-corrected chi connectivity index (χ1v) is 7.21. The summed E-state index contributed by atoms with van der Waals surface area (Å²) in [5.41, 5.74) is 1.07. The third-order valence-corrected chi connectivity index (χ3v) is 4.31. The van der Waals surface area contributed by atoms with Gasteiger partial charge in [0.15, 0.2) is 0 Å². The van der Waals surface area contributed by atoms with Crippen LogP contribution in [0.1, 0.15) is 43.0 Å². The SMILES string of the molecule is CC1(CNC(=O)c2ccc(I)cc2)CCCC1. The summed E-state index contributed by atoms with van der Waals surface area (Å²) in [6.07, 6.45) is 5.08. The molecule has 2 nitrogen and oxygen atoms in total. The molecule has 1 saturated carbocycles. The molecule has 0 spiro atoms. The zero-order valence-electron chi connectivity index (χ0n) is 10.1. The van der Waals surface area contributed by atoms with Crippen LogP contribution in [-0.2, 0) is 0 Å². The number of carbonyl (C=O) groups is 1. The molecule has 0 radical (unpaired) electrons. The molecule has 1 aliphatic rings. The molecule has 0 aliphatic heterocycles. The largest absolute Gasteiger partial charge is 0.351 e. The second kappa shape index (κ2) is 5.38. The second-order valence-corrected chi connectivity index (χ2v) is 6.45. The van der Waals surface area contributed by atoms with Crippen LogP contribution in [0, 0.1) is 8.99 Å². The van der Waals surface area contributed by atoms with Crippen molar-refractivity contribution in [1.82, 2.24) is 5.32 Å². The van der Waals surface area contributed by atoms with Gasteiger partial charge >= 0.3 is 0 Å². The van der Waals surface area contributed by atoms with Gasteiger partial charge in [0.1, 0.15) is 0 Å². The van der Waals surface area contributed by atoms with Gasteiger partial charge in [-0.2, -0.15) is 0 Å². The summed E-state index contributed by atoms with van der Waals surface area (Å²) in [6, 6.07) is 7.70. The lowest BCUT2D eigenvalue weighted by Crippen LogP contribution is -2.34. The van der Waals surface area contributed by atoms with Gasteiger partial charge in [-0.15, -0.1) is 0 Å². The molecule has 1 amide bonds. The van der Waals surface area contributed by atoms with Crippen LogP contribution < -0.4 is 5.32 Å². The molecule has 17 heavy (non-hydrogen) atoms. The molecule has 1 aromatic rings. The molecular weight excluding hydrogens is 325 g/mol. The lowest BCUT2D eigenvalue weighted by molar-refractivity contribution is 0.0934. The summed E-state index contributed by atoms with van der Waals surface area (Å²) >= 11 is 2.24. The fraction of sp³-hybridized carbons (Fsp3) is 0.500. The molecule has 1 N–H and O–H groups in total. The Morgan fingerprint density at radius 1 is 1.29 bits per heavy atom. The monoisotopic (exact) mass is 343 g/mol. The van der Waals surface area contributed by atoms with E-state index in [-0.39, 0.29) is 5.91 Å². The summed E-state index contributed by atoms with van der Waals surface area (Å²) in [5.74, 6) is 0.0505. The Kier molecular flexibility index (Phi) is 4.07. The van der Waals surface area contributed by atoms with E-state index in [4.69, 9.17) is 0 Å². The van der Waals surface area contributed by atoms with Gasteiger partial charge in [-0.3, -0.25) is 4.79 Å². The zero-order valence-corrected chi connectivity index (χ0v) is 12.3. The number of hydrogen-bond acceptors (Lipinski definition) is 1. The Balaban J connectivity index is 1.91. The normalized spacial score (nSPS) is 18.0. The van der Waals surface area contributed by atoms with Crippen molar-refractivity contribution in [3.8, 4) is 0 Å². The van der Waals surface area contributed by atoms with Crippen molar-refractivity contribution in [3.63, 3.8) is 0 Å². The van der Waals surface area contributed by atoms with E-state index in [2.05, 4.69) is 34.8 Å². The van der Waals surface area contributed by atoms with Gasteiger partial charge in [-0.25, -0.2) is 0 Å². The molecule has 0 saturated heterocycles. The standard InChI is InChI=1S/C14H18INO/c1-14(8-2-3-9-14)10-16-13(17)11-4-6-12(15)7-5-11/h4-7H,2-3,8-10H2,1H3,(H,16,17). The number of halogens is 1. The number of rotatable bonds is 3. The highest BCUT2D eigenvalue weighted by Crippen LogP contribution is 2.36. The van der Waals surface area contributed by atoms with E-state index in [0.717, 1.165) is 15.7 Å². The second-order valence-electron chi connectivity index (χ2n) is 5.21. The van der Waals surface area contributed by atoms with Gasteiger partial charge in [0, 0.05) is 15.7 Å². The minimum absolute atomic E-state index is 0.0505. The Morgan fingerprint density at radius 3 is 2.47 bits per heavy atom. The van der Waals surface area contributed by atoms with Gasteiger partial charge in [-0.1, -0.05) is 19.8 Å². The quantitative estimate of drug-likeness (QED) is 0.835. The van der Waals surface area contributed by atoms with E-state index in [1.165, 1.54) is 25.7 Å². The van der Waals surface area contributed by atoms with Crippen molar-refractivity contribution in [2.45, 2.75) is 32.6 Å². The predicted molar refractivity (Wildman–Crippen MR) is 78.1 cm³/mol. The van der Waals surface area contributed by atoms with Crippen LogP contribution in [0.4, 0.5) is 0 Å². The Morgan fingerprint density at radius 2 is 1.88 bits per heavy atom. The lowest BCUT2D eigenvalue weighted by atomic mass is 9.89. The summed E-state index contributed by atoms with van der Waals surface area (Å²) in [4.78, 5) is 11.9. The van der Waals surface area contributed by atoms with Crippen molar-refractivity contribution in [2.24, 2.45) is 5.41 Å². The average molecular weight is 343 g/mol. The molecule has 0 heterocycles. The third kappa shape index (κ3) is 3.44. The van der Waals surface area contributed by atoms with E-state index in [1.807, 2.05) is 24.3 Å². The molecule has 0 unspecified atom stereocenters. The summed E-state index contributed by atoms with van der Waals surface area (Å²) in [5, 5.41) is 3.06. The fourth-order valence-corrected chi connectivity index (χ4v) is 2.76. The van der Waals surface area contributed by atoms with E-state index >= 15 is 0 Å². The third-order valence-electron chi connectivity index (χ3n) is 3.59. The number of benzene rings is 1. The van der Waals surface area contributed by atoms with E-state index in [0.29, 0.717) is 5.41 Å². The van der Waals surface area contributed by atoms with Crippen molar-refractivity contribution in [2.75, 3.05) is 6.54 Å². The van der Waals surface area contributed by atoms with Crippen LogP contribution in [0.15, 0.2) is 24.3 Å². The molecule has 0 aromatic heterocycles. The summed E-state index contributed by atoms with van der Waals surface area (Å²) in [7, 11) is 0. The van der Waals surface area contributed by atoms with Gasteiger partial charge in [0.05, 0.1) is 0 Å². The van der Waals surface area contributed by atoms with E-state index < -0.39 is 0 Å². The Labute approximate surface area is 116 Å². The van der Waals surface area contributed by atoms with E-state index in [1.54, 1.807) is 0 Å². The zero-order chi connectivity index (χ0) is 12.3. The number of carbonyl (C=O) groups excluding carboxylic acids is 1. The lowest BCUT2D eigenvalue weighted by Gasteiger charge is -2.23. The van der Waals surface area contributed by atoms with Gasteiger partial charge in [-0.05, 0) is 65.1 Å². The molecule has 2 rings (SSSR count). The van der Waals surface area contributed by atoms with Gasteiger partial charge in [0.25, 0.3) is 5.91 Å². The first-order valence-electron chi connectivity index (χ1n) is 6.13. The average Bonchev–Trinajstić information content (AvgIpc) is 2.75. The minimum Gasteiger partial charge on any atom is -0.351 e. The topological polar surface area (TPSA) is 29.1 Å². The summed E-state index contributed by atoms with van der Waals surface area (Å²) < 4.78 is 1.15. The maximum absolute atomic E-state index is 11.9. The van der Waals surface area contributed by atoms with Crippen LogP contribution in [-0.4, -0.2) is 12.5 Å². The molecule has 0 bridgehead atoms. The smallest absolute Gasteiger partial charge is 0.251 e. The Hall–Kier alpha value is -0.580. The van der Waals surface area contributed by atoms with Crippen LogP contribution in [0.5, 0.6) is 0 Å². The number of amides is 1. The Bertz CT molecular complexity index is 393. The molecule has 1 aromatic carbocycles. The van der Waals surface area contributed by atoms with Gasteiger partial charge in [0.2, 0.25) is 0 Å². The van der Waals surface area contributed by atoms with E-state index in [9.17, 15) is 4.79 Å². The molecule has 92 valence electrons. The first-order chi connectivity index (χ1) is 8.09. The van der Waals surface area contributed by atoms with Crippen molar-refractivity contribution in [1.29, 1.82) is 0 Å². The van der Waals surface area contributed by atoms with Crippen LogP contribution >= 0.6 is 22.6 Å². The highest BCUT2D eigenvalue weighted by Gasteiger charge is 2.28. The molecular formula is C14H18INO. The predicted octanol–water partition coefficient (Wildman–Crippen LogP) is 3.60. The fourth-order valence-electron chi connectivity index (χ4n) is 2.40.